The van der Waals surface area contributed by atoms with E-state index in [9.17, 15) is 0 Å². The lowest BCUT2D eigenvalue weighted by atomic mass is 10.3. The number of anilines is 1. The van der Waals surface area contributed by atoms with Crippen molar-refractivity contribution in [2.24, 2.45) is 0 Å². The van der Waals surface area contributed by atoms with Gasteiger partial charge in [-0.25, -0.2) is 0 Å². The Hall–Kier alpha value is -1.58. The minimum absolute atomic E-state index is 0. The van der Waals surface area contributed by atoms with E-state index in [2.05, 4.69) is 19.7 Å². The van der Waals surface area contributed by atoms with Crippen LogP contribution in [0.4, 0.5) is 5.69 Å². The first-order chi connectivity index (χ1) is 6.74. The maximum Gasteiger partial charge on any atom is 0.107 e. The molecule has 1 rings (SSSR count). The SMILES string of the molecule is C=C[SiH](C=C)C=C.Nc1ccccc1.O. The van der Waals surface area contributed by atoms with Crippen molar-refractivity contribution in [3.8, 4) is 0 Å². The van der Waals surface area contributed by atoms with Crippen LogP contribution < -0.4 is 5.73 Å². The van der Waals surface area contributed by atoms with Crippen LogP contribution in [0, 0.1) is 0 Å². The van der Waals surface area contributed by atoms with Gasteiger partial charge in [-0.1, -0.05) is 35.3 Å². The van der Waals surface area contributed by atoms with E-state index >= 15 is 0 Å². The van der Waals surface area contributed by atoms with Gasteiger partial charge < -0.3 is 11.2 Å². The summed E-state index contributed by atoms with van der Waals surface area (Å²) in [4.78, 5) is 0. The fraction of sp³-hybridized carbons (Fsp3) is 0. The van der Waals surface area contributed by atoms with Gasteiger partial charge in [-0.15, -0.1) is 19.7 Å². The van der Waals surface area contributed by atoms with E-state index in [1.807, 2.05) is 47.4 Å². The zero-order valence-electron chi connectivity index (χ0n) is 8.89. The lowest BCUT2D eigenvalue weighted by Gasteiger charge is -1.88. The number of nitrogens with two attached hydrogens (primary N) is 1. The van der Waals surface area contributed by atoms with Gasteiger partial charge in [0.25, 0.3) is 0 Å². The first-order valence-electron chi connectivity index (χ1n) is 4.42. The fourth-order valence-electron chi connectivity index (χ4n) is 0.742. The second-order valence-electron chi connectivity index (χ2n) is 2.70. The van der Waals surface area contributed by atoms with Crippen molar-refractivity contribution >= 4 is 14.5 Å². The molecule has 15 heavy (non-hydrogen) atoms. The molecule has 0 radical (unpaired) electrons. The summed E-state index contributed by atoms with van der Waals surface area (Å²) in [6.45, 7) is 10.9. The number of nitrogen functional groups attached to an aromatic ring is 1. The predicted octanol–water partition coefficient (Wildman–Crippen LogP) is 1.83. The Morgan fingerprint density at radius 2 is 1.33 bits per heavy atom. The van der Waals surface area contributed by atoms with E-state index in [0.29, 0.717) is 0 Å². The molecule has 0 aliphatic carbocycles. The van der Waals surface area contributed by atoms with Crippen LogP contribution in [0.2, 0.25) is 0 Å². The molecule has 0 saturated heterocycles. The molecule has 1 aromatic rings. The number of benzene rings is 1. The highest BCUT2D eigenvalue weighted by Crippen LogP contribution is 1.95. The Bertz CT molecular complexity index is 266. The molecule has 0 bridgehead atoms. The summed E-state index contributed by atoms with van der Waals surface area (Å²) in [6.07, 6.45) is 0. The van der Waals surface area contributed by atoms with Gasteiger partial charge in [-0.3, -0.25) is 0 Å². The van der Waals surface area contributed by atoms with E-state index in [-0.39, 0.29) is 5.48 Å². The van der Waals surface area contributed by atoms with Gasteiger partial charge in [0.1, 0.15) is 8.80 Å². The Morgan fingerprint density at radius 1 is 0.933 bits per heavy atom. The molecular weight excluding hydrogens is 202 g/mol. The summed E-state index contributed by atoms with van der Waals surface area (Å²) in [5.41, 5.74) is 12.0. The first kappa shape index (κ1) is 15.9. The third-order valence-electron chi connectivity index (χ3n) is 1.62. The van der Waals surface area contributed by atoms with Crippen LogP contribution in [-0.2, 0) is 0 Å². The second-order valence-corrected chi connectivity index (χ2v) is 5.26. The Morgan fingerprint density at radius 3 is 1.47 bits per heavy atom. The van der Waals surface area contributed by atoms with Gasteiger partial charge in [-0.2, -0.15) is 0 Å². The first-order valence-corrected chi connectivity index (χ1v) is 6.42. The van der Waals surface area contributed by atoms with Gasteiger partial charge in [0.2, 0.25) is 0 Å². The minimum atomic E-state index is -0.880. The molecule has 0 amide bonds. The van der Waals surface area contributed by atoms with E-state index in [4.69, 9.17) is 5.73 Å². The lowest BCUT2D eigenvalue weighted by molar-refractivity contribution is 0.824. The third-order valence-corrected chi connectivity index (χ3v) is 3.25. The summed E-state index contributed by atoms with van der Waals surface area (Å²) >= 11 is 0. The van der Waals surface area contributed by atoms with Crippen LogP contribution in [0.25, 0.3) is 0 Å². The Kier molecular flexibility index (Phi) is 11.1. The Labute approximate surface area is 93.4 Å². The molecule has 0 fully saturated rings. The molecule has 3 heteroatoms. The zero-order chi connectivity index (χ0) is 10.8. The van der Waals surface area contributed by atoms with Crippen molar-refractivity contribution < 1.29 is 5.48 Å². The number of hydrogen-bond donors (Lipinski definition) is 1. The molecule has 0 aromatic heterocycles. The molecule has 2 nitrogen and oxygen atoms in total. The maximum absolute atomic E-state index is 5.36. The molecule has 0 aliphatic heterocycles. The van der Waals surface area contributed by atoms with Crippen molar-refractivity contribution in [2.45, 2.75) is 0 Å². The molecule has 0 heterocycles. The van der Waals surface area contributed by atoms with Crippen molar-refractivity contribution in [3.63, 3.8) is 0 Å². The van der Waals surface area contributed by atoms with Crippen LogP contribution in [0.1, 0.15) is 0 Å². The molecule has 4 N–H and O–H groups in total. The number of rotatable bonds is 3. The van der Waals surface area contributed by atoms with Crippen molar-refractivity contribution in [1.82, 2.24) is 0 Å². The van der Waals surface area contributed by atoms with Crippen LogP contribution in [0.15, 0.2) is 67.2 Å². The predicted molar refractivity (Wildman–Crippen MR) is 72.2 cm³/mol. The highest BCUT2D eigenvalue weighted by Gasteiger charge is 1.87. The van der Waals surface area contributed by atoms with E-state index in [0.717, 1.165) is 5.69 Å². The van der Waals surface area contributed by atoms with Gasteiger partial charge in [0, 0.05) is 5.69 Å². The summed E-state index contributed by atoms with van der Waals surface area (Å²) in [6, 6.07) is 9.49. The monoisotopic (exact) mass is 221 g/mol. The molecular formula is C12H19NOSi. The highest BCUT2D eigenvalue weighted by atomic mass is 28.3. The van der Waals surface area contributed by atoms with Crippen molar-refractivity contribution in [3.05, 3.63) is 67.2 Å². The van der Waals surface area contributed by atoms with Gasteiger partial charge in [0.15, 0.2) is 0 Å². The zero-order valence-corrected chi connectivity index (χ0v) is 10.0. The number of hydrogen-bond acceptors (Lipinski definition) is 1. The fourth-order valence-corrected chi connectivity index (χ4v) is 1.32. The normalized spacial score (nSPS) is 7.80. The molecule has 0 spiro atoms. The quantitative estimate of drug-likeness (QED) is 0.614. The van der Waals surface area contributed by atoms with E-state index in [1.165, 1.54) is 0 Å². The number of para-hydroxylation sites is 1. The average molecular weight is 221 g/mol. The molecule has 0 aliphatic rings. The molecule has 0 saturated carbocycles. The summed E-state index contributed by atoms with van der Waals surface area (Å²) in [5, 5.41) is 0. The summed E-state index contributed by atoms with van der Waals surface area (Å²) in [7, 11) is -0.880. The lowest BCUT2D eigenvalue weighted by Crippen LogP contribution is -1.97. The highest BCUT2D eigenvalue weighted by molar-refractivity contribution is 6.73. The molecule has 82 valence electrons. The van der Waals surface area contributed by atoms with Crippen molar-refractivity contribution in [1.29, 1.82) is 0 Å². The van der Waals surface area contributed by atoms with Gasteiger partial charge in [0.05, 0.1) is 0 Å². The average Bonchev–Trinajstić information content (AvgIpc) is 2.22. The van der Waals surface area contributed by atoms with Crippen LogP contribution in [-0.4, -0.2) is 14.3 Å². The topological polar surface area (TPSA) is 57.5 Å². The van der Waals surface area contributed by atoms with Crippen molar-refractivity contribution in [2.75, 3.05) is 5.73 Å². The standard InChI is InChI=1S/C6H7N.C6H10Si.H2O/c7-6-4-2-1-3-5-6;1-4-7(5-2)6-3;/h1-5H,7H2;4-7H,1-3H2;1H2. The molecule has 0 unspecified atom stereocenters. The van der Waals surface area contributed by atoms with E-state index in [1.54, 1.807) is 0 Å². The molecule has 0 atom stereocenters. The van der Waals surface area contributed by atoms with Gasteiger partial charge >= 0.3 is 0 Å². The molecule has 1 aromatic carbocycles. The Balaban J connectivity index is 0. The second kappa shape index (κ2) is 10.5. The van der Waals surface area contributed by atoms with E-state index < -0.39 is 8.80 Å². The smallest absolute Gasteiger partial charge is 0.107 e. The third kappa shape index (κ3) is 8.74. The van der Waals surface area contributed by atoms with Crippen LogP contribution in [0.5, 0.6) is 0 Å². The summed E-state index contributed by atoms with van der Waals surface area (Å²) < 4.78 is 0. The van der Waals surface area contributed by atoms with Gasteiger partial charge in [-0.05, 0) is 12.1 Å². The maximum atomic E-state index is 5.36. The van der Waals surface area contributed by atoms with Crippen LogP contribution in [0.3, 0.4) is 0 Å². The minimum Gasteiger partial charge on any atom is -0.412 e. The summed E-state index contributed by atoms with van der Waals surface area (Å²) in [5.74, 6) is 0. The largest absolute Gasteiger partial charge is 0.412 e. The van der Waals surface area contributed by atoms with Crippen LogP contribution >= 0.6 is 0 Å².